The van der Waals surface area contributed by atoms with Crippen LogP contribution in [0.25, 0.3) is 0 Å². The molecule has 0 bridgehead atoms. The molecular weight excluding hydrogens is 403 g/mol. The smallest absolute Gasteiger partial charge is 0.251 e. The lowest BCUT2D eigenvalue weighted by Gasteiger charge is -2.23. The third-order valence-corrected chi connectivity index (χ3v) is 4.80. The van der Waals surface area contributed by atoms with Gasteiger partial charge in [-0.1, -0.05) is 37.0 Å². The highest BCUT2D eigenvalue weighted by molar-refractivity contribution is 6.34. The van der Waals surface area contributed by atoms with E-state index in [1.165, 1.54) is 0 Å². The molecule has 6 nitrogen and oxygen atoms in total. The summed E-state index contributed by atoms with van der Waals surface area (Å²) in [6, 6.07) is 8.91. The number of ether oxygens (including phenoxy) is 2. The fraction of sp³-hybridized carbons (Fsp3) is 0.300. The molecule has 2 amide bonds. The second-order valence-electron chi connectivity index (χ2n) is 6.67. The molecule has 0 aromatic heterocycles. The predicted octanol–water partition coefficient (Wildman–Crippen LogP) is 4.16. The van der Waals surface area contributed by atoms with Crippen molar-refractivity contribution >= 4 is 40.7 Å². The Morgan fingerprint density at radius 3 is 2.21 bits per heavy atom. The zero-order valence-corrected chi connectivity index (χ0v) is 16.9. The van der Waals surface area contributed by atoms with Crippen molar-refractivity contribution in [3.05, 3.63) is 52.0 Å². The number of carbonyl (C=O) groups excluding carboxylic acids is 2. The lowest BCUT2D eigenvalue weighted by Crippen LogP contribution is -2.47. The van der Waals surface area contributed by atoms with Gasteiger partial charge in [-0.25, -0.2) is 0 Å². The van der Waals surface area contributed by atoms with Crippen LogP contribution in [0.1, 0.15) is 24.2 Å². The van der Waals surface area contributed by atoms with Gasteiger partial charge in [0, 0.05) is 22.7 Å². The molecule has 0 unspecified atom stereocenters. The van der Waals surface area contributed by atoms with Crippen LogP contribution in [0.2, 0.25) is 10.0 Å². The minimum atomic E-state index is -0.757. The molecular formula is C20H20Cl2N2O4. The quantitative estimate of drug-likeness (QED) is 0.758. The van der Waals surface area contributed by atoms with E-state index in [-0.39, 0.29) is 17.7 Å². The zero-order chi connectivity index (χ0) is 20.3. The number of rotatable bonds is 5. The van der Waals surface area contributed by atoms with Crippen LogP contribution >= 0.6 is 23.2 Å². The summed E-state index contributed by atoms with van der Waals surface area (Å²) in [4.78, 5) is 25.3. The van der Waals surface area contributed by atoms with Gasteiger partial charge in [0.15, 0.2) is 11.5 Å². The third-order valence-electron chi connectivity index (χ3n) is 4.23. The normalized spacial score (nSPS) is 13.8. The van der Waals surface area contributed by atoms with Gasteiger partial charge in [-0.05, 0) is 30.2 Å². The first-order valence-corrected chi connectivity index (χ1v) is 9.57. The van der Waals surface area contributed by atoms with Gasteiger partial charge in [0.1, 0.15) is 19.3 Å². The maximum atomic E-state index is 12.8. The van der Waals surface area contributed by atoms with E-state index in [0.29, 0.717) is 46.0 Å². The standard InChI is InChI=1S/C20H20Cl2N2O4/c1-11(2)18(24-19(25)12-3-5-13(21)6-4-12)20(26)23-15-10-17-16(9-14(15)22)27-7-8-28-17/h3-6,9-11,18H,7-8H2,1-2H3,(H,23,26)(H,24,25)/t18-/m0/s1. The van der Waals surface area contributed by atoms with Crippen molar-refractivity contribution in [3.8, 4) is 11.5 Å². The van der Waals surface area contributed by atoms with Crippen molar-refractivity contribution in [2.24, 2.45) is 5.92 Å². The largest absolute Gasteiger partial charge is 0.486 e. The summed E-state index contributed by atoms with van der Waals surface area (Å²) >= 11 is 12.1. The molecule has 2 aromatic rings. The Hall–Kier alpha value is -2.44. The van der Waals surface area contributed by atoms with E-state index in [1.54, 1.807) is 36.4 Å². The molecule has 28 heavy (non-hydrogen) atoms. The number of hydrogen-bond donors (Lipinski definition) is 2. The molecule has 0 radical (unpaired) electrons. The first-order chi connectivity index (χ1) is 13.3. The Labute approximate surface area is 173 Å². The van der Waals surface area contributed by atoms with Gasteiger partial charge in [0.05, 0.1) is 10.7 Å². The van der Waals surface area contributed by atoms with Gasteiger partial charge in [-0.15, -0.1) is 0 Å². The Bertz CT molecular complexity index is 885. The number of nitrogens with one attached hydrogen (secondary N) is 2. The molecule has 0 saturated heterocycles. The van der Waals surface area contributed by atoms with E-state index < -0.39 is 6.04 Å². The van der Waals surface area contributed by atoms with Gasteiger partial charge >= 0.3 is 0 Å². The van der Waals surface area contributed by atoms with E-state index >= 15 is 0 Å². The van der Waals surface area contributed by atoms with Gasteiger partial charge in [-0.2, -0.15) is 0 Å². The molecule has 1 aliphatic heterocycles. The minimum Gasteiger partial charge on any atom is -0.486 e. The average molecular weight is 423 g/mol. The van der Waals surface area contributed by atoms with Crippen LogP contribution in [0.5, 0.6) is 11.5 Å². The van der Waals surface area contributed by atoms with Crippen molar-refractivity contribution in [1.82, 2.24) is 5.32 Å². The number of fused-ring (bicyclic) bond motifs is 1. The van der Waals surface area contributed by atoms with Crippen molar-refractivity contribution in [2.75, 3.05) is 18.5 Å². The highest BCUT2D eigenvalue weighted by Crippen LogP contribution is 2.38. The fourth-order valence-electron chi connectivity index (χ4n) is 2.73. The van der Waals surface area contributed by atoms with Gasteiger partial charge in [0.2, 0.25) is 5.91 Å². The molecule has 1 aliphatic rings. The SMILES string of the molecule is CC(C)[C@H](NC(=O)c1ccc(Cl)cc1)C(=O)Nc1cc2c(cc1Cl)OCCO2. The maximum Gasteiger partial charge on any atom is 0.251 e. The van der Waals surface area contributed by atoms with Crippen molar-refractivity contribution in [3.63, 3.8) is 0 Å². The Kier molecular flexibility index (Phi) is 6.31. The summed E-state index contributed by atoms with van der Waals surface area (Å²) in [7, 11) is 0. The molecule has 2 N–H and O–H groups in total. The van der Waals surface area contributed by atoms with Crippen LogP contribution in [0.15, 0.2) is 36.4 Å². The number of amides is 2. The zero-order valence-electron chi connectivity index (χ0n) is 15.4. The molecule has 0 aliphatic carbocycles. The summed E-state index contributed by atoms with van der Waals surface area (Å²) in [6.07, 6.45) is 0. The molecule has 148 valence electrons. The maximum absolute atomic E-state index is 12.8. The monoisotopic (exact) mass is 422 g/mol. The second kappa shape index (κ2) is 8.71. The van der Waals surface area contributed by atoms with Crippen LogP contribution in [-0.2, 0) is 4.79 Å². The first kappa shape index (κ1) is 20.3. The van der Waals surface area contributed by atoms with E-state index in [0.717, 1.165) is 0 Å². The number of hydrogen-bond acceptors (Lipinski definition) is 4. The number of benzene rings is 2. The molecule has 3 rings (SSSR count). The van der Waals surface area contributed by atoms with Gasteiger partial charge < -0.3 is 20.1 Å². The van der Waals surface area contributed by atoms with Crippen LogP contribution in [-0.4, -0.2) is 31.1 Å². The molecule has 1 atom stereocenters. The highest BCUT2D eigenvalue weighted by Gasteiger charge is 2.26. The van der Waals surface area contributed by atoms with Gasteiger partial charge in [0.25, 0.3) is 5.91 Å². The summed E-state index contributed by atoms with van der Waals surface area (Å²) in [5, 5.41) is 6.38. The topological polar surface area (TPSA) is 76.7 Å². The number of carbonyl (C=O) groups is 2. The average Bonchev–Trinajstić information content (AvgIpc) is 2.66. The van der Waals surface area contributed by atoms with Crippen molar-refractivity contribution in [2.45, 2.75) is 19.9 Å². The van der Waals surface area contributed by atoms with E-state index in [4.69, 9.17) is 32.7 Å². The first-order valence-electron chi connectivity index (χ1n) is 8.81. The summed E-state index contributed by atoms with van der Waals surface area (Å²) in [5.41, 5.74) is 0.808. The van der Waals surface area contributed by atoms with Crippen LogP contribution in [0, 0.1) is 5.92 Å². The molecule has 0 fully saturated rings. The Balaban J connectivity index is 1.74. The van der Waals surface area contributed by atoms with Crippen LogP contribution in [0.4, 0.5) is 5.69 Å². The lowest BCUT2D eigenvalue weighted by molar-refractivity contribution is -0.118. The lowest BCUT2D eigenvalue weighted by atomic mass is 10.0. The summed E-state index contributed by atoms with van der Waals surface area (Å²) < 4.78 is 11.0. The fourth-order valence-corrected chi connectivity index (χ4v) is 3.06. The minimum absolute atomic E-state index is 0.146. The van der Waals surface area contributed by atoms with Crippen LogP contribution in [0.3, 0.4) is 0 Å². The van der Waals surface area contributed by atoms with Gasteiger partial charge in [-0.3, -0.25) is 9.59 Å². The summed E-state index contributed by atoms with van der Waals surface area (Å²) in [5.74, 6) is 0.157. The Morgan fingerprint density at radius 2 is 1.61 bits per heavy atom. The van der Waals surface area contributed by atoms with E-state index in [1.807, 2.05) is 13.8 Å². The molecule has 0 saturated carbocycles. The van der Waals surface area contributed by atoms with Crippen LogP contribution < -0.4 is 20.1 Å². The molecule has 0 spiro atoms. The van der Waals surface area contributed by atoms with Crippen molar-refractivity contribution < 1.29 is 19.1 Å². The number of anilines is 1. The molecule has 2 aromatic carbocycles. The van der Waals surface area contributed by atoms with E-state index in [9.17, 15) is 9.59 Å². The molecule has 8 heteroatoms. The molecule has 1 heterocycles. The Morgan fingerprint density at radius 1 is 1.00 bits per heavy atom. The number of halogens is 2. The highest BCUT2D eigenvalue weighted by atomic mass is 35.5. The summed E-state index contributed by atoms with van der Waals surface area (Å²) in [6.45, 7) is 4.56. The third kappa shape index (κ3) is 4.69. The van der Waals surface area contributed by atoms with E-state index in [2.05, 4.69) is 10.6 Å². The van der Waals surface area contributed by atoms with Crippen molar-refractivity contribution in [1.29, 1.82) is 0 Å². The predicted molar refractivity (Wildman–Crippen MR) is 109 cm³/mol. The second-order valence-corrected chi connectivity index (χ2v) is 7.51.